The highest BCUT2D eigenvalue weighted by Crippen LogP contribution is 2.20. The number of benzene rings is 1. The summed E-state index contributed by atoms with van der Waals surface area (Å²) in [6.07, 6.45) is 0.920. The third-order valence-electron chi connectivity index (χ3n) is 2.66. The van der Waals surface area contributed by atoms with E-state index in [9.17, 15) is 8.42 Å². The highest BCUT2D eigenvalue weighted by atomic mass is 35.5. The van der Waals surface area contributed by atoms with Gasteiger partial charge in [0, 0.05) is 12.6 Å². The SMILES string of the molecule is CCC(CCO)NS(=O)(=O)c1ccc(C#N)c(Cl)c1. The zero-order valence-electron chi connectivity index (χ0n) is 10.4. The predicted molar refractivity (Wildman–Crippen MR) is 72.3 cm³/mol. The highest BCUT2D eigenvalue weighted by Gasteiger charge is 2.19. The van der Waals surface area contributed by atoms with Crippen LogP contribution in [0.5, 0.6) is 0 Å². The Hall–Kier alpha value is -1.13. The van der Waals surface area contributed by atoms with Gasteiger partial charge in [-0.15, -0.1) is 0 Å². The van der Waals surface area contributed by atoms with Gasteiger partial charge in [0.05, 0.1) is 15.5 Å². The lowest BCUT2D eigenvalue weighted by Crippen LogP contribution is -2.35. The van der Waals surface area contributed by atoms with E-state index in [2.05, 4.69) is 4.72 Å². The van der Waals surface area contributed by atoms with Gasteiger partial charge in [0.2, 0.25) is 10.0 Å². The van der Waals surface area contributed by atoms with Gasteiger partial charge in [-0.2, -0.15) is 5.26 Å². The largest absolute Gasteiger partial charge is 0.396 e. The molecular weight excluding hydrogens is 288 g/mol. The van der Waals surface area contributed by atoms with Crippen LogP contribution in [0.1, 0.15) is 25.3 Å². The molecule has 0 saturated heterocycles. The molecule has 2 N–H and O–H groups in total. The molecule has 1 unspecified atom stereocenters. The Morgan fingerprint density at radius 1 is 1.53 bits per heavy atom. The van der Waals surface area contributed by atoms with Gasteiger partial charge >= 0.3 is 0 Å². The molecule has 0 aliphatic rings. The lowest BCUT2D eigenvalue weighted by Gasteiger charge is -2.16. The molecule has 0 saturated carbocycles. The third kappa shape index (κ3) is 4.18. The first-order valence-electron chi connectivity index (χ1n) is 5.77. The van der Waals surface area contributed by atoms with Crippen molar-refractivity contribution in [3.05, 3.63) is 28.8 Å². The summed E-state index contributed by atoms with van der Waals surface area (Å²) in [7, 11) is -3.70. The fourth-order valence-corrected chi connectivity index (χ4v) is 3.21. The fourth-order valence-electron chi connectivity index (χ4n) is 1.54. The number of aliphatic hydroxyl groups is 1. The molecule has 0 heterocycles. The molecule has 104 valence electrons. The Morgan fingerprint density at radius 2 is 2.21 bits per heavy atom. The van der Waals surface area contributed by atoms with Crippen LogP contribution in [0.15, 0.2) is 23.1 Å². The molecule has 1 rings (SSSR count). The van der Waals surface area contributed by atoms with Crippen molar-refractivity contribution < 1.29 is 13.5 Å². The molecule has 0 aliphatic carbocycles. The minimum atomic E-state index is -3.70. The summed E-state index contributed by atoms with van der Waals surface area (Å²) in [5, 5.41) is 17.7. The molecule has 1 aromatic carbocycles. The van der Waals surface area contributed by atoms with Gasteiger partial charge in [0.15, 0.2) is 0 Å². The van der Waals surface area contributed by atoms with Gasteiger partial charge in [-0.3, -0.25) is 0 Å². The lowest BCUT2D eigenvalue weighted by atomic mass is 10.2. The van der Waals surface area contributed by atoms with Crippen molar-refractivity contribution in [3.8, 4) is 6.07 Å². The molecule has 5 nitrogen and oxygen atoms in total. The lowest BCUT2D eigenvalue weighted by molar-refractivity contribution is 0.270. The Balaban J connectivity index is 3.01. The molecule has 1 aromatic rings. The van der Waals surface area contributed by atoms with Crippen molar-refractivity contribution >= 4 is 21.6 Å². The predicted octanol–water partition coefficient (Wildman–Crippen LogP) is 1.65. The van der Waals surface area contributed by atoms with Crippen LogP contribution in [0.2, 0.25) is 5.02 Å². The van der Waals surface area contributed by atoms with Gasteiger partial charge in [-0.1, -0.05) is 18.5 Å². The fraction of sp³-hybridized carbons (Fsp3) is 0.417. The second-order valence-electron chi connectivity index (χ2n) is 3.99. The Morgan fingerprint density at radius 3 is 2.68 bits per heavy atom. The first-order chi connectivity index (χ1) is 8.94. The smallest absolute Gasteiger partial charge is 0.240 e. The summed E-state index contributed by atoms with van der Waals surface area (Å²) < 4.78 is 26.7. The molecular formula is C12H15ClN2O3S. The zero-order valence-corrected chi connectivity index (χ0v) is 12.0. The first-order valence-corrected chi connectivity index (χ1v) is 7.63. The van der Waals surface area contributed by atoms with Crippen molar-refractivity contribution in [1.82, 2.24) is 4.72 Å². The van der Waals surface area contributed by atoms with E-state index in [0.717, 1.165) is 0 Å². The van der Waals surface area contributed by atoms with Gasteiger partial charge in [0.1, 0.15) is 6.07 Å². The number of halogens is 1. The van der Waals surface area contributed by atoms with Crippen molar-refractivity contribution in [3.63, 3.8) is 0 Å². The number of nitrogens with zero attached hydrogens (tertiary/aromatic N) is 1. The van der Waals surface area contributed by atoms with E-state index in [0.29, 0.717) is 12.8 Å². The summed E-state index contributed by atoms with van der Waals surface area (Å²) in [4.78, 5) is 0.00731. The monoisotopic (exact) mass is 302 g/mol. The molecule has 0 amide bonds. The van der Waals surface area contributed by atoms with Crippen molar-refractivity contribution in [1.29, 1.82) is 5.26 Å². The maximum atomic E-state index is 12.1. The maximum absolute atomic E-state index is 12.1. The minimum absolute atomic E-state index is 0.00731. The number of nitriles is 1. The molecule has 0 aliphatic heterocycles. The van der Waals surface area contributed by atoms with E-state index in [1.54, 1.807) is 0 Å². The molecule has 0 fully saturated rings. The van der Waals surface area contributed by atoms with Crippen LogP contribution >= 0.6 is 11.6 Å². The van der Waals surface area contributed by atoms with Gasteiger partial charge in [0.25, 0.3) is 0 Å². The quantitative estimate of drug-likeness (QED) is 0.836. The summed E-state index contributed by atoms with van der Waals surface area (Å²) in [5.74, 6) is 0. The average molecular weight is 303 g/mol. The number of hydrogen-bond donors (Lipinski definition) is 2. The third-order valence-corrected chi connectivity index (χ3v) is 4.49. The Kier molecular flexibility index (Phi) is 5.76. The van der Waals surface area contributed by atoms with Crippen LogP contribution in [-0.2, 0) is 10.0 Å². The van der Waals surface area contributed by atoms with Crippen LogP contribution < -0.4 is 4.72 Å². The molecule has 1 atom stereocenters. The summed E-state index contributed by atoms with van der Waals surface area (Å²) >= 11 is 5.81. The summed E-state index contributed by atoms with van der Waals surface area (Å²) in [6.45, 7) is 1.74. The van der Waals surface area contributed by atoms with Crippen LogP contribution in [-0.4, -0.2) is 26.2 Å². The van der Waals surface area contributed by atoms with Crippen molar-refractivity contribution in [2.24, 2.45) is 0 Å². The molecule has 0 bridgehead atoms. The zero-order chi connectivity index (χ0) is 14.5. The summed E-state index contributed by atoms with van der Waals surface area (Å²) in [5.41, 5.74) is 0.225. The standard InChI is InChI=1S/C12H15ClN2O3S/c1-2-10(5-6-16)15-19(17,18)11-4-3-9(8-14)12(13)7-11/h3-4,7,10,15-16H,2,5-6H2,1H3. The number of sulfonamides is 1. The second kappa shape index (κ2) is 6.87. The number of aliphatic hydroxyl groups excluding tert-OH is 1. The van der Waals surface area contributed by atoms with Crippen molar-refractivity contribution in [2.75, 3.05) is 6.61 Å². The molecule has 0 radical (unpaired) electrons. The van der Waals surface area contributed by atoms with Crippen molar-refractivity contribution in [2.45, 2.75) is 30.7 Å². The number of rotatable bonds is 6. The maximum Gasteiger partial charge on any atom is 0.240 e. The van der Waals surface area contributed by atoms with Gasteiger partial charge < -0.3 is 5.11 Å². The van der Waals surface area contributed by atoms with E-state index in [4.69, 9.17) is 22.0 Å². The first kappa shape index (κ1) is 15.9. The van der Waals surface area contributed by atoms with E-state index in [1.165, 1.54) is 18.2 Å². The normalized spacial score (nSPS) is 12.9. The van der Waals surface area contributed by atoms with E-state index in [1.807, 2.05) is 13.0 Å². The van der Waals surface area contributed by atoms with E-state index >= 15 is 0 Å². The Bertz CT molecular complexity index is 581. The van der Waals surface area contributed by atoms with Crippen LogP contribution in [0, 0.1) is 11.3 Å². The number of hydrogen-bond acceptors (Lipinski definition) is 4. The number of nitrogens with one attached hydrogen (secondary N) is 1. The van der Waals surface area contributed by atoms with Gasteiger partial charge in [-0.25, -0.2) is 13.1 Å². The van der Waals surface area contributed by atoms with Crippen LogP contribution in [0.4, 0.5) is 0 Å². The summed E-state index contributed by atoms with van der Waals surface area (Å²) in [6, 6.07) is 5.48. The average Bonchev–Trinajstić information content (AvgIpc) is 2.37. The van der Waals surface area contributed by atoms with E-state index in [-0.39, 0.29) is 28.1 Å². The van der Waals surface area contributed by atoms with E-state index < -0.39 is 10.0 Å². The topological polar surface area (TPSA) is 90.2 Å². The van der Waals surface area contributed by atoms with Crippen LogP contribution in [0.3, 0.4) is 0 Å². The van der Waals surface area contributed by atoms with Gasteiger partial charge in [-0.05, 0) is 31.0 Å². The van der Waals surface area contributed by atoms with Crippen LogP contribution in [0.25, 0.3) is 0 Å². The molecule has 0 aromatic heterocycles. The molecule has 7 heteroatoms. The molecule has 0 spiro atoms. The molecule has 19 heavy (non-hydrogen) atoms. The minimum Gasteiger partial charge on any atom is -0.396 e. The Labute approximate surface area is 117 Å². The second-order valence-corrected chi connectivity index (χ2v) is 6.11. The highest BCUT2D eigenvalue weighted by molar-refractivity contribution is 7.89.